The van der Waals surface area contributed by atoms with Crippen molar-refractivity contribution in [2.24, 2.45) is 5.92 Å². The van der Waals surface area contributed by atoms with E-state index >= 15 is 0 Å². The summed E-state index contributed by atoms with van der Waals surface area (Å²) < 4.78 is 11.1. The molecule has 1 saturated carbocycles. The molecule has 1 amide bonds. The Morgan fingerprint density at radius 3 is 3.06 bits per heavy atom. The normalized spacial score (nSPS) is 25.2. The molecule has 9 heteroatoms. The van der Waals surface area contributed by atoms with Crippen molar-refractivity contribution in [3.05, 3.63) is 36.5 Å². The van der Waals surface area contributed by atoms with Crippen LogP contribution in [0.3, 0.4) is 0 Å². The average Bonchev–Trinajstić information content (AvgIpc) is 3.31. The van der Waals surface area contributed by atoms with E-state index in [1.54, 1.807) is 11.1 Å². The number of nitrogens with one attached hydrogen (secondary N) is 3. The van der Waals surface area contributed by atoms with Crippen molar-refractivity contribution in [1.82, 2.24) is 25.7 Å². The lowest BCUT2D eigenvalue weighted by Crippen LogP contribution is -2.42. The molecule has 3 unspecified atom stereocenters. The van der Waals surface area contributed by atoms with E-state index in [2.05, 4.69) is 21.2 Å². The summed E-state index contributed by atoms with van der Waals surface area (Å²) in [4.78, 5) is 23.3. The Morgan fingerprint density at radius 1 is 1.25 bits per heavy atom. The van der Waals surface area contributed by atoms with Crippen LogP contribution in [0.15, 0.2) is 36.5 Å². The summed E-state index contributed by atoms with van der Waals surface area (Å²) in [7, 11) is 0. The van der Waals surface area contributed by atoms with E-state index in [1.165, 1.54) is 0 Å². The average molecular weight is 439 g/mol. The number of hydrogen-bond acceptors (Lipinski definition) is 8. The maximum absolute atomic E-state index is 12.3. The molecule has 5 rings (SSSR count). The summed E-state index contributed by atoms with van der Waals surface area (Å²) in [5.41, 5.74) is 7.50. The number of anilines is 1. The highest BCUT2D eigenvalue weighted by molar-refractivity contribution is 5.78. The molecular weight excluding hydrogens is 408 g/mol. The monoisotopic (exact) mass is 438 g/mol. The van der Waals surface area contributed by atoms with Gasteiger partial charge in [-0.3, -0.25) is 15.6 Å². The van der Waals surface area contributed by atoms with Gasteiger partial charge in [-0.25, -0.2) is 9.97 Å². The lowest BCUT2D eigenvalue weighted by atomic mass is 9.83. The van der Waals surface area contributed by atoms with Crippen LogP contribution in [-0.4, -0.2) is 72.3 Å². The molecule has 32 heavy (non-hydrogen) atoms. The Labute approximate surface area is 187 Å². The maximum Gasteiger partial charge on any atom is 0.260 e. The lowest BCUT2D eigenvalue weighted by Gasteiger charge is -2.31. The first-order chi connectivity index (χ1) is 15.7. The Balaban J connectivity index is 1.20. The van der Waals surface area contributed by atoms with E-state index < -0.39 is 0 Å². The number of hydrogen-bond donors (Lipinski definition) is 3. The molecule has 1 aliphatic carbocycles. The third-order valence-corrected chi connectivity index (χ3v) is 6.46. The van der Waals surface area contributed by atoms with Crippen LogP contribution in [0.4, 0.5) is 5.82 Å². The van der Waals surface area contributed by atoms with Crippen molar-refractivity contribution in [3.63, 3.8) is 0 Å². The summed E-state index contributed by atoms with van der Waals surface area (Å²) in [6.07, 6.45) is 5.19. The molecule has 2 saturated heterocycles. The minimum absolute atomic E-state index is 0.0134. The molecule has 3 heterocycles. The zero-order chi connectivity index (χ0) is 21.8. The standard InChI is InChI=1S/C23H30N6O3/c30-22(29-8-10-31-11-9-29)15-32-19-3-1-2-16(13-19)23-24-7-6-21(27-23)26-18-4-5-20-17(12-18)14-25-28-20/h1-3,6-7,13,17-18,20,25,28H,4-5,8-12,14-15H2,(H,24,26,27). The zero-order valence-corrected chi connectivity index (χ0v) is 18.1. The number of ether oxygens (including phenoxy) is 2. The van der Waals surface area contributed by atoms with E-state index in [1.807, 2.05) is 30.3 Å². The number of rotatable bonds is 6. The fourth-order valence-corrected chi connectivity index (χ4v) is 4.69. The van der Waals surface area contributed by atoms with Gasteiger partial charge in [-0.2, -0.15) is 0 Å². The highest BCUT2D eigenvalue weighted by Gasteiger charge is 2.33. The molecule has 3 aliphatic rings. The van der Waals surface area contributed by atoms with Crippen LogP contribution in [-0.2, 0) is 9.53 Å². The van der Waals surface area contributed by atoms with Gasteiger partial charge >= 0.3 is 0 Å². The van der Waals surface area contributed by atoms with Gasteiger partial charge < -0.3 is 19.7 Å². The van der Waals surface area contributed by atoms with Crippen LogP contribution < -0.4 is 20.9 Å². The van der Waals surface area contributed by atoms with Crippen molar-refractivity contribution in [1.29, 1.82) is 0 Å². The Kier molecular flexibility index (Phi) is 6.47. The third-order valence-electron chi connectivity index (χ3n) is 6.46. The molecule has 0 spiro atoms. The number of hydrazine groups is 1. The molecular formula is C23H30N6O3. The number of fused-ring (bicyclic) bond motifs is 1. The van der Waals surface area contributed by atoms with Crippen LogP contribution in [0.5, 0.6) is 5.75 Å². The van der Waals surface area contributed by atoms with E-state index in [0.29, 0.717) is 55.9 Å². The van der Waals surface area contributed by atoms with Crippen molar-refractivity contribution < 1.29 is 14.3 Å². The van der Waals surface area contributed by atoms with Gasteiger partial charge in [0, 0.05) is 43.5 Å². The Hall–Kier alpha value is -2.75. The molecule has 1 aromatic heterocycles. The quantitative estimate of drug-likeness (QED) is 0.623. The predicted octanol–water partition coefficient (Wildman–Crippen LogP) is 1.44. The van der Waals surface area contributed by atoms with Gasteiger partial charge in [-0.05, 0) is 43.4 Å². The van der Waals surface area contributed by atoms with Gasteiger partial charge in [0.15, 0.2) is 12.4 Å². The van der Waals surface area contributed by atoms with Crippen molar-refractivity contribution in [2.45, 2.75) is 31.3 Å². The predicted molar refractivity (Wildman–Crippen MR) is 120 cm³/mol. The minimum Gasteiger partial charge on any atom is -0.484 e. The number of amides is 1. The first kappa shape index (κ1) is 21.1. The molecule has 0 bridgehead atoms. The van der Waals surface area contributed by atoms with E-state index in [0.717, 1.165) is 37.2 Å². The van der Waals surface area contributed by atoms with Gasteiger partial charge in [0.05, 0.1) is 13.2 Å². The smallest absolute Gasteiger partial charge is 0.260 e. The topological polar surface area (TPSA) is 101 Å². The number of aromatic nitrogens is 2. The molecule has 170 valence electrons. The Bertz CT molecular complexity index is 935. The summed E-state index contributed by atoms with van der Waals surface area (Å²) in [5, 5.41) is 3.60. The summed E-state index contributed by atoms with van der Waals surface area (Å²) in [6, 6.07) is 10.5. The molecule has 3 N–H and O–H groups in total. The number of nitrogens with zero attached hydrogens (tertiary/aromatic N) is 3. The van der Waals surface area contributed by atoms with E-state index in [9.17, 15) is 4.79 Å². The molecule has 9 nitrogen and oxygen atoms in total. The molecule has 1 aromatic carbocycles. The zero-order valence-electron chi connectivity index (χ0n) is 18.1. The summed E-state index contributed by atoms with van der Waals surface area (Å²) in [5.74, 6) is 2.75. The number of benzene rings is 1. The molecule has 2 aliphatic heterocycles. The molecule has 3 atom stereocenters. The lowest BCUT2D eigenvalue weighted by molar-refractivity contribution is -0.137. The van der Waals surface area contributed by atoms with E-state index in [-0.39, 0.29) is 12.5 Å². The molecule has 3 fully saturated rings. The van der Waals surface area contributed by atoms with Gasteiger partial charge in [-0.1, -0.05) is 12.1 Å². The highest BCUT2D eigenvalue weighted by Crippen LogP contribution is 2.29. The van der Waals surface area contributed by atoms with Gasteiger partial charge in [0.1, 0.15) is 11.6 Å². The molecule has 0 radical (unpaired) electrons. The van der Waals surface area contributed by atoms with Crippen LogP contribution in [0.1, 0.15) is 19.3 Å². The SMILES string of the molecule is O=C(COc1cccc(-c2nccc(NC3CCC4NNCC4C3)n2)c1)N1CCOCC1. The van der Waals surface area contributed by atoms with Crippen molar-refractivity contribution in [2.75, 3.05) is 44.8 Å². The second-order valence-electron chi connectivity index (χ2n) is 8.62. The minimum atomic E-state index is -0.0245. The fourth-order valence-electron chi connectivity index (χ4n) is 4.69. The Morgan fingerprint density at radius 2 is 2.16 bits per heavy atom. The van der Waals surface area contributed by atoms with Crippen LogP contribution in [0.25, 0.3) is 11.4 Å². The summed E-state index contributed by atoms with van der Waals surface area (Å²) in [6.45, 7) is 3.44. The van der Waals surface area contributed by atoms with Crippen molar-refractivity contribution >= 4 is 11.7 Å². The number of morpholine rings is 1. The molecule has 2 aromatic rings. The second-order valence-corrected chi connectivity index (χ2v) is 8.62. The van der Waals surface area contributed by atoms with Crippen LogP contribution in [0.2, 0.25) is 0 Å². The summed E-state index contributed by atoms with van der Waals surface area (Å²) >= 11 is 0. The first-order valence-corrected chi connectivity index (χ1v) is 11.4. The largest absolute Gasteiger partial charge is 0.484 e. The van der Waals surface area contributed by atoms with E-state index in [4.69, 9.17) is 14.5 Å². The third kappa shape index (κ3) is 5.01. The number of carbonyl (C=O) groups excluding carboxylic acids is 1. The highest BCUT2D eigenvalue weighted by atomic mass is 16.5. The second kappa shape index (κ2) is 9.81. The van der Waals surface area contributed by atoms with Gasteiger partial charge in [0.2, 0.25) is 0 Å². The van der Waals surface area contributed by atoms with Crippen LogP contribution in [0, 0.1) is 5.92 Å². The maximum atomic E-state index is 12.3. The fraction of sp³-hybridized carbons (Fsp3) is 0.522. The number of carbonyl (C=O) groups is 1. The first-order valence-electron chi connectivity index (χ1n) is 11.4. The van der Waals surface area contributed by atoms with Crippen LogP contribution >= 0.6 is 0 Å². The van der Waals surface area contributed by atoms with Gasteiger partial charge in [-0.15, -0.1) is 0 Å². The van der Waals surface area contributed by atoms with Gasteiger partial charge in [0.25, 0.3) is 5.91 Å². The van der Waals surface area contributed by atoms with Crippen molar-refractivity contribution in [3.8, 4) is 17.1 Å².